The van der Waals surface area contributed by atoms with Gasteiger partial charge in [-0.1, -0.05) is 0 Å². The summed E-state index contributed by atoms with van der Waals surface area (Å²) in [5.41, 5.74) is 6.10. The zero-order valence-corrected chi connectivity index (χ0v) is 10.4. The lowest BCUT2D eigenvalue weighted by Gasteiger charge is -2.09. The number of thioether (sulfide) groups is 1. The summed E-state index contributed by atoms with van der Waals surface area (Å²) in [6.45, 7) is 2.07. The van der Waals surface area contributed by atoms with Crippen LogP contribution in [0.25, 0.3) is 0 Å². The second-order valence-corrected chi connectivity index (χ2v) is 4.44. The Bertz CT molecular complexity index is 356. The minimum Gasteiger partial charge on any atom is -0.466 e. The van der Waals surface area contributed by atoms with Crippen LogP contribution in [0.5, 0.6) is 0 Å². The number of hydrogen-bond donors (Lipinski definition) is 2. The van der Waals surface area contributed by atoms with Crippen molar-refractivity contribution in [1.29, 1.82) is 0 Å². The van der Waals surface area contributed by atoms with E-state index >= 15 is 0 Å². The van der Waals surface area contributed by atoms with E-state index in [4.69, 9.17) is 10.5 Å². The third-order valence-corrected chi connectivity index (χ3v) is 2.98. The van der Waals surface area contributed by atoms with Gasteiger partial charge in [-0.2, -0.15) is 0 Å². The van der Waals surface area contributed by atoms with E-state index in [-0.39, 0.29) is 12.4 Å². The average molecular weight is 256 g/mol. The van der Waals surface area contributed by atoms with Crippen LogP contribution in [-0.4, -0.2) is 34.5 Å². The van der Waals surface area contributed by atoms with Crippen molar-refractivity contribution in [3.8, 4) is 0 Å². The maximum absolute atomic E-state index is 11.1. The third-order valence-electron chi connectivity index (χ3n) is 1.89. The van der Waals surface area contributed by atoms with E-state index in [2.05, 4.69) is 4.98 Å². The number of nitrogens with two attached hydrogens (primary N) is 1. The number of pyridine rings is 1. The molecule has 1 aromatic heterocycles. The molecule has 0 aromatic carbocycles. The molecule has 1 aromatic rings. The zero-order valence-electron chi connectivity index (χ0n) is 9.63. The fourth-order valence-electron chi connectivity index (χ4n) is 1.13. The molecule has 0 spiro atoms. The first-order valence-electron chi connectivity index (χ1n) is 5.29. The number of carbonyl (C=O) groups is 1. The van der Waals surface area contributed by atoms with Crippen molar-refractivity contribution in [3.05, 3.63) is 18.3 Å². The Labute approximate surface area is 104 Å². The maximum Gasteiger partial charge on any atom is 0.308 e. The largest absolute Gasteiger partial charge is 0.466 e. The second-order valence-electron chi connectivity index (χ2n) is 3.40. The number of esters is 1. The lowest BCUT2D eigenvalue weighted by Crippen LogP contribution is -2.17. The van der Waals surface area contributed by atoms with E-state index in [0.717, 1.165) is 5.03 Å². The molecule has 1 atom stereocenters. The highest BCUT2D eigenvalue weighted by Crippen LogP contribution is 2.17. The van der Waals surface area contributed by atoms with Gasteiger partial charge in [0.25, 0.3) is 0 Å². The summed E-state index contributed by atoms with van der Waals surface area (Å²) in [5.74, 6) is 0.0151. The SMILES string of the molecule is CCOC(=O)CC(O)CSc1ccc(N)cn1. The first-order chi connectivity index (χ1) is 8.11. The summed E-state index contributed by atoms with van der Waals surface area (Å²) >= 11 is 1.37. The van der Waals surface area contributed by atoms with Crippen LogP contribution >= 0.6 is 11.8 Å². The van der Waals surface area contributed by atoms with Gasteiger partial charge >= 0.3 is 5.97 Å². The molecule has 0 bridgehead atoms. The molecule has 1 rings (SSSR count). The number of carbonyl (C=O) groups excluding carboxylic acids is 1. The Balaban J connectivity index is 2.30. The molecule has 0 aliphatic rings. The van der Waals surface area contributed by atoms with Crippen LogP contribution in [0.3, 0.4) is 0 Å². The Morgan fingerprint density at radius 1 is 1.65 bits per heavy atom. The number of aromatic nitrogens is 1. The Hall–Kier alpha value is -1.27. The summed E-state index contributed by atoms with van der Waals surface area (Å²) in [5, 5.41) is 10.4. The van der Waals surface area contributed by atoms with Crippen LogP contribution in [0.4, 0.5) is 5.69 Å². The predicted molar refractivity (Wildman–Crippen MR) is 66.6 cm³/mol. The van der Waals surface area contributed by atoms with Crippen molar-refractivity contribution < 1.29 is 14.6 Å². The van der Waals surface area contributed by atoms with Gasteiger partial charge in [-0.25, -0.2) is 4.98 Å². The van der Waals surface area contributed by atoms with E-state index in [0.29, 0.717) is 18.0 Å². The fourth-order valence-corrected chi connectivity index (χ4v) is 1.90. The second kappa shape index (κ2) is 7.13. The maximum atomic E-state index is 11.1. The van der Waals surface area contributed by atoms with E-state index < -0.39 is 6.10 Å². The van der Waals surface area contributed by atoms with Crippen LogP contribution in [0.2, 0.25) is 0 Å². The number of nitrogen functional groups attached to an aromatic ring is 1. The number of ether oxygens (including phenoxy) is 1. The number of nitrogens with zero attached hydrogens (tertiary/aromatic N) is 1. The number of aliphatic hydroxyl groups excluding tert-OH is 1. The van der Waals surface area contributed by atoms with Gasteiger partial charge in [-0.15, -0.1) is 11.8 Å². The fraction of sp³-hybridized carbons (Fsp3) is 0.455. The van der Waals surface area contributed by atoms with Gasteiger partial charge in [-0.3, -0.25) is 4.79 Å². The van der Waals surface area contributed by atoms with Crippen LogP contribution in [-0.2, 0) is 9.53 Å². The van der Waals surface area contributed by atoms with Crippen molar-refractivity contribution in [1.82, 2.24) is 4.98 Å². The lowest BCUT2D eigenvalue weighted by atomic mass is 10.3. The van der Waals surface area contributed by atoms with E-state index in [9.17, 15) is 9.90 Å². The topological polar surface area (TPSA) is 85.4 Å². The molecule has 17 heavy (non-hydrogen) atoms. The molecule has 0 saturated heterocycles. The normalized spacial score (nSPS) is 12.1. The van der Waals surface area contributed by atoms with E-state index in [1.807, 2.05) is 0 Å². The highest BCUT2D eigenvalue weighted by molar-refractivity contribution is 7.99. The highest BCUT2D eigenvalue weighted by atomic mass is 32.2. The predicted octanol–water partition coefficient (Wildman–Crippen LogP) is 1.07. The smallest absolute Gasteiger partial charge is 0.308 e. The van der Waals surface area contributed by atoms with Crippen molar-refractivity contribution >= 4 is 23.4 Å². The van der Waals surface area contributed by atoms with Crippen molar-refractivity contribution in [2.24, 2.45) is 0 Å². The number of hydrogen-bond acceptors (Lipinski definition) is 6. The lowest BCUT2D eigenvalue weighted by molar-refractivity contribution is -0.144. The molecule has 0 fully saturated rings. The van der Waals surface area contributed by atoms with Gasteiger partial charge in [-0.05, 0) is 19.1 Å². The Morgan fingerprint density at radius 3 is 3.00 bits per heavy atom. The number of aliphatic hydroxyl groups is 1. The summed E-state index contributed by atoms with van der Waals surface area (Å²) in [7, 11) is 0. The minimum atomic E-state index is -0.724. The van der Waals surface area contributed by atoms with Crippen LogP contribution in [0.15, 0.2) is 23.4 Å². The molecule has 1 unspecified atom stereocenters. The average Bonchev–Trinajstić information content (AvgIpc) is 2.28. The molecule has 3 N–H and O–H groups in total. The molecule has 0 radical (unpaired) electrons. The number of rotatable bonds is 6. The molecule has 0 saturated carbocycles. The number of anilines is 1. The van der Waals surface area contributed by atoms with Gasteiger partial charge in [0.05, 0.1) is 36.0 Å². The minimum absolute atomic E-state index is 0.00973. The molecule has 0 amide bonds. The van der Waals surface area contributed by atoms with Crippen LogP contribution < -0.4 is 5.73 Å². The summed E-state index contributed by atoms with van der Waals surface area (Å²) in [6, 6.07) is 3.52. The highest BCUT2D eigenvalue weighted by Gasteiger charge is 2.12. The summed E-state index contributed by atoms with van der Waals surface area (Å²) in [4.78, 5) is 15.2. The van der Waals surface area contributed by atoms with Gasteiger partial charge in [0, 0.05) is 5.75 Å². The molecule has 0 aliphatic heterocycles. The monoisotopic (exact) mass is 256 g/mol. The van der Waals surface area contributed by atoms with Crippen LogP contribution in [0.1, 0.15) is 13.3 Å². The standard InChI is InChI=1S/C11H16N2O3S/c1-2-16-11(15)5-9(14)7-17-10-4-3-8(12)6-13-10/h3-4,6,9,14H,2,5,7,12H2,1H3. The van der Waals surface area contributed by atoms with Crippen LogP contribution in [0, 0.1) is 0 Å². The van der Waals surface area contributed by atoms with Gasteiger partial charge in [0.1, 0.15) is 0 Å². The van der Waals surface area contributed by atoms with Crippen molar-refractivity contribution in [2.75, 3.05) is 18.1 Å². The molecular weight excluding hydrogens is 240 g/mol. The first-order valence-corrected chi connectivity index (χ1v) is 6.28. The van der Waals surface area contributed by atoms with Crippen molar-refractivity contribution in [3.63, 3.8) is 0 Å². The first kappa shape index (κ1) is 13.8. The van der Waals surface area contributed by atoms with Gasteiger partial charge < -0.3 is 15.6 Å². The molecule has 94 valence electrons. The van der Waals surface area contributed by atoms with Gasteiger partial charge in [0.2, 0.25) is 0 Å². The van der Waals surface area contributed by atoms with Gasteiger partial charge in [0.15, 0.2) is 0 Å². The summed E-state index contributed by atoms with van der Waals surface area (Å²) in [6.07, 6.45) is 0.842. The summed E-state index contributed by atoms with van der Waals surface area (Å²) < 4.78 is 4.74. The molecule has 6 heteroatoms. The zero-order chi connectivity index (χ0) is 12.7. The Kier molecular flexibility index (Phi) is 5.79. The third kappa shape index (κ3) is 5.55. The van der Waals surface area contributed by atoms with E-state index in [1.165, 1.54) is 11.8 Å². The quantitative estimate of drug-likeness (QED) is 0.585. The van der Waals surface area contributed by atoms with E-state index in [1.54, 1.807) is 25.3 Å². The molecule has 1 heterocycles. The molecule has 5 nitrogen and oxygen atoms in total. The van der Waals surface area contributed by atoms with Crippen molar-refractivity contribution in [2.45, 2.75) is 24.5 Å². The Morgan fingerprint density at radius 2 is 2.41 bits per heavy atom. The molecule has 0 aliphatic carbocycles. The molecular formula is C11H16N2O3S.